The molecule has 152 valence electrons. The summed E-state index contributed by atoms with van der Waals surface area (Å²) in [6, 6.07) is 27.3. The molecule has 0 spiro atoms. The third-order valence-corrected chi connectivity index (χ3v) is 4.80. The second kappa shape index (κ2) is 8.55. The molecule has 0 saturated heterocycles. The average molecular weight is 583 g/mol. The Morgan fingerprint density at radius 2 is 1.68 bits per heavy atom. The van der Waals surface area contributed by atoms with E-state index in [9.17, 15) is 5.11 Å². The molecule has 5 rings (SSSR count). The van der Waals surface area contributed by atoms with Crippen molar-refractivity contribution in [2.24, 2.45) is 0 Å². The molecule has 2 heterocycles. The molecular weight excluding hydrogens is 569 g/mol. The minimum absolute atomic E-state index is 0. The van der Waals surface area contributed by atoms with Crippen LogP contribution in [0.2, 0.25) is 0 Å². The fourth-order valence-electron chi connectivity index (χ4n) is 3.36. The van der Waals surface area contributed by atoms with Gasteiger partial charge >= 0.3 is 0 Å². The molecule has 5 aromatic rings. The molecule has 31 heavy (non-hydrogen) atoms. The minimum atomic E-state index is 0. The van der Waals surface area contributed by atoms with Crippen molar-refractivity contribution in [1.82, 2.24) is 9.97 Å². The predicted molar refractivity (Wildman–Crippen MR) is 113 cm³/mol. The number of hydrogen-bond acceptors (Lipinski definition) is 5. The van der Waals surface area contributed by atoms with Crippen LogP contribution >= 0.6 is 0 Å². The van der Waals surface area contributed by atoms with Gasteiger partial charge in [0.25, 0.3) is 0 Å². The summed E-state index contributed by atoms with van der Waals surface area (Å²) in [4.78, 5) is 9.01. The van der Waals surface area contributed by atoms with Gasteiger partial charge in [-0.25, -0.2) is 4.98 Å². The Balaban J connectivity index is 0.00000231. The van der Waals surface area contributed by atoms with Crippen LogP contribution in [0.1, 0.15) is 5.56 Å². The van der Waals surface area contributed by atoms with E-state index in [1.807, 2.05) is 42.5 Å². The van der Waals surface area contributed by atoms with E-state index in [1.54, 1.807) is 36.5 Å². The summed E-state index contributed by atoms with van der Waals surface area (Å²) in [5.74, 6) is 0.470. The Bertz CT molecular complexity index is 1440. The Morgan fingerprint density at radius 1 is 0.903 bits per heavy atom. The number of para-hydroxylation sites is 2. The van der Waals surface area contributed by atoms with Crippen LogP contribution in [0.25, 0.3) is 44.9 Å². The summed E-state index contributed by atoms with van der Waals surface area (Å²) >= 11 is 0. The molecule has 2 aromatic heterocycles. The van der Waals surface area contributed by atoms with Gasteiger partial charge in [0.15, 0.2) is 0 Å². The van der Waals surface area contributed by atoms with E-state index in [2.05, 4.69) is 22.1 Å². The molecule has 5 nitrogen and oxygen atoms in total. The van der Waals surface area contributed by atoms with Gasteiger partial charge in [0, 0.05) is 38.5 Å². The van der Waals surface area contributed by atoms with E-state index in [-0.39, 0.29) is 26.8 Å². The molecule has 6 heteroatoms. The molecule has 0 aliphatic rings. The van der Waals surface area contributed by atoms with Crippen molar-refractivity contribution in [3.63, 3.8) is 0 Å². The molecule has 0 radical (unpaired) electrons. The number of nitrogens with zero attached hydrogens (tertiary/aromatic N) is 3. The number of pyridine rings is 1. The Hall–Kier alpha value is -3.74. The van der Waals surface area contributed by atoms with Crippen molar-refractivity contribution in [2.45, 2.75) is 0 Å². The van der Waals surface area contributed by atoms with Gasteiger partial charge < -0.3 is 9.52 Å². The number of hydrogen-bond donors (Lipinski definition) is 1. The number of oxazole rings is 1. The van der Waals surface area contributed by atoms with E-state index in [0.29, 0.717) is 33.8 Å². The van der Waals surface area contributed by atoms with E-state index in [0.717, 1.165) is 16.7 Å². The predicted octanol–water partition coefficient (Wildman–Crippen LogP) is 5.60. The first kappa shape index (κ1) is 20.5. The molecule has 0 aliphatic carbocycles. The van der Waals surface area contributed by atoms with Crippen molar-refractivity contribution in [2.75, 3.05) is 0 Å². The summed E-state index contributed by atoms with van der Waals surface area (Å²) < 4.78 is 5.91. The summed E-state index contributed by atoms with van der Waals surface area (Å²) in [6.45, 7) is 0. The van der Waals surface area contributed by atoms with E-state index in [1.165, 1.54) is 0 Å². The van der Waals surface area contributed by atoms with Crippen molar-refractivity contribution < 1.29 is 30.6 Å². The van der Waals surface area contributed by atoms with Crippen LogP contribution in [0, 0.1) is 17.4 Å². The molecule has 0 fully saturated rings. The van der Waals surface area contributed by atoms with Gasteiger partial charge in [-0.15, -0.1) is 29.8 Å². The number of phenolic OH excluding ortho intramolecular Hbond substituents is 1. The van der Waals surface area contributed by atoms with Crippen LogP contribution in [-0.4, -0.2) is 15.1 Å². The second-order valence-corrected chi connectivity index (χ2v) is 6.71. The summed E-state index contributed by atoms with van der Waals surface area (Å²) in [5.41, 5.74) is 5.54. The average Bonchev–Trinajstić information content (AvgIpc) is 3.23. The van der Waals surface area contributed by atoms with Crippen LogP contribution in [0.3, 0.4) is 0 Å². The van der Waals surface area contributed by atoms with Crippen molar-refractivity contribution in [3.8, 4) is 45.7 Å². The fourth-order valence-corrected chi connectivity index (χ4v) is 3.36. The van der Waals surface area contributed by atoms with Gasteiger partial charge in [0.1, 0.15) is 11.3 Å². The quantitative estimate of drug-likeness (QED) is 0.280. The second-order valence-electron chi connectivity index (χ2n) is 6.71. The normalized spacial score (nSPS) is 10.4. The molecule has 0 aliphatic heterocycles. The first-order valence-corrected chi connectivity index (χ1v) is 9.30. The van der Waals surface area contributed by atoms with Crippen LogP contribution in [0.4, 0.5) is 0 Å². The third kappa shape index (κ3) is 3.86. The molecular formula is C25H14N3O2Pt-. The molecule has 0 amide bonds. The number of aromatic nitrogens is 2. The summed E-state index contributed by atoms with van der Waals surface area (Å²) in [7, 11) is 0. The molecule has 1 N–H and O–H groups in total. The van der Waals surface area contributed by atoms with Crippen LogP contribution < -0.4 is 0 Å². The number of nitriles is 1. The molecule has 0 atom stereocenters. The zero-order chi connectivity index (χ0) is 20.5. The van der Waals surface area contributed by atoms with Gasteiger partial charge in [-0.05, 0) is 24.3 Å². The maximum absolute atomic E-state index is 10.1. The monoisotopic (exact) mass is 583 g/mol. The zero-order valence-corrected chi connectivity index (χ0v) is 18.3. The number of fused-ring (bicyclic) bond motifs is 1. The van der Waals surface area contributed by atoms with Gasteiger partial charge in [0.2, 0.25) is 5.89 Å². The summed E-state index contributed by atoms with van der Waals surface area (Å²) in [6.07, 6.45) is 1.62. The molecule has 0 unspecified atom stereocenters. The maximum atomic E-state index is 10.1. The SMILES string of the molecule is N#Cc1ccnc(-c2[c-]c(-c3cccc4oc(-c5ccccc5O)nc34)ccc2)c1.[Pt]. The zero-order valence-electron chi connectivity index (χ0n) is 16.0. The largest absolute Gasteiger partial charge is 0.507 e. The van der Waals surface area contributed by atoms with E-state index < -0.39 is 0 Å². The van der Waals surface area contributed by atoms with Gasteiger partial charge in [0.05, 0.1) is 17.1 Å². The summed E-state index contributed by atoms with van der Waals surface area (Å²) in [5, 5.41) is 19.3. The first-order valence-electron chi connectivity index (χ1n) is 9.30. The topological polar surface area (TPSA) is 82.9 Å². The van der Waals surface area contributed by atoms with Gasteiger partial charge in [-0.2, -0.15) is 5.26 Å². The minimum Gasteiger partial charge on any atom is -0.507 e. The third-order valence-electron chi connectivity index (χ3n) is 4.80. The standard InChI is InChI=1S/C25H14N3O2.Pt/c26-15-16-11-12-27-21(13-16)18-6-3-5-17(14-18)19-8-4-10-23-24(19)28-25(30-23)20-7-1-2-9-22(20)29;/h1-13,29H;/q-1;. The number of rotatable bonds is 3. The number of aromatic hydroxyl groups is 1. The van der Waals surface area contributed by atoms with Crippen LogP contribution in [0.15, 0.2) is 83.4 Å². The van der Waals surface area contributed by atoms with Crippen LogP contribution in [0.5, 0.6) is 5.75 Å². The van der Waals surface area contributed by atoms with E-state index in [4.69, 9.17) is 9.68 Å². The van der Waals surface area contributed by atoms with Crippen molar-refractivity contribution >= 4 is 11.1 Å². The number of benzene rings is 3. The van der Waals surface area contributed by atoms with Gasteiger partial charge in [-0.3, -0.25) is 4.98 Å². The van der Waals surface area contributed by atoms with Crippen molar-refractivity contribution in [3.05, 3.63) is 90.6 Å². The van der Waals surface area contributed by atoms with Crippen molar-refractivity contribution in [1.29, 1.82) is 5.26 Å². The first-order chi connectivity index (χ1) is 14.7. The maximum Gasteiger partial charge on any atom is 0.230 e. The fraction of sp³-hybridized carbons (Fsp3) is 0. The van der Waals surface area contributed by atoms with E-state index >= 15 is 0 Å². The van der Waals surface area contributed by atoms with Crippen LogP contribution in [-0.2, 0) is 21.1 Å². The molecule has 0 bridgehead atoms. The Morgan fingerprint density at radius 3 is 2.52 bits per heavy atom. The number of phenols is 1. The Labute approximate surface area is 192 Å². The molecule has 3 aromatic carbocycles. The smallest absolute Gasteiger partial charge is 0.230 e. The molecule has 0 saturated carbocycles. The van der Waals surface area contributed by atoms with Gasteiger partial charge in [-0.1, -0.05) is 41.5 Å². The Kier molecular flexibility index (Phi) is 5.66.